The molecule has 1 aromatic heterocycles. The van der Waals surface area contributed by atoms with Crippen LogP contribution in [-0.4, -0.2) is 30.8 Å². The molecular formula is C12H15N3OS. The summed E-state index contributed by atoms with van der Waals surface area (Å²) in [5, 5.41) is 1.06. The van der Waals surface area contributed by atoms with Crippen molar-refractivity contribution in [3.05, 3.63) is 18.2 Å². The molecule has 90 valence electrons. The summed E-state index contributed by atoms with van der Waals surface area (Å²) in [6.07, 6.45) is 0. The molecule has 0 unspecified atom stereocenters. The van der Waals surface area contributed by atoms with Crippen molar-refractivity contribution in [1.82, 2.24) is 4.98 Å². The predicted molar refractivity (Wildman–Crippen MR) is 71.7 cm³/mol. The second-order valence-corrected chi connectivity index (χ2v) is 5.74. The second kappa shape index (κ2) is 3.58. The monoisotopic (exact) mass is 249 g/mol. The van der Waals surface area contributed by atoms with Crippen molar-refractivity contribution in [3.63, 3.8) is 0 Å². The van der Waals surface area contributed by atoms with Gasteiger partial charge in [0.25, 0.3) is 0 Å². The van der Waals surface area contributed by atoms with E-state index in [0.717, 1.165) is 34.1 Å². The van der Waals surface area contributed by atoms with Gasteiger partial charge >= 0.3 is 0 Å². The lowest BCUT2D eigenvalue weighted by Gasteiger charge is -2.46. The van der Waals surface area contributed by atoms with E-state index in [-0.39, 0.29) is 5.60 Å². The van der Waals surface area contributed by atoms with Crippen molar-refractivity contribution < 1.29 is 4.74 Å². The van der Waals surface area contributed by atoms with E-state index in [9.17, 15) is 0 Å². The molecule has 2 aromatic rings. The first-order valence-corrected chi connectivity index (χ1v) is 6.37. The fraction of sp³-hybridized carbons (Fsp3) is 0.417. The third-order valence-corrected chi connectivity index (χ3v) is 4.29. The summed E-state index contributed by atoms with van der Waals surface area (Å²) < 4.78 is 6.58. The van der Waals surface area contributed by atoms with Gasteiger partial charge in [-0.15, -0.1) is 0 Å². The number of nitrogens with two attached hydrogens (primary N) is 1. The number of nitrogens with zero attached hydrogens (tertiary/aromatic N) is 2. The lowest BCUT2D eigenvalue weighted by atomic mass is 9.97. The Morgan fingerprint density at radius 1 is 1.47 bits per heavy atom. The zero-order valence-electron chi connectivity index (χ0n) is 9.93. The highest BCUT2D eigenvalue weighted by Gasteiger charge is 2.40. The minimum Gasteiger partial charge on any atom is -0.399 e. The molecular weight excluding hydrogens is 234 g/mol. The van der Waals surface area contributed by atoms with Gasteiger partial charge in [0.05, 0.1) is 28.9 Å². The topological polar surface area (TPSA) is 51.4 Å². The first-order valence-electron chi connectivity index (χ1n) is 5.56. The van der Waals surface area contributed by atoms with Crippen LogP contribution in [0.5, 0.6) is 0 Å². The van der Waals surface area contributed by atoms with Gasteiger partial charge in [0.2, 0.25) is 0 Å². The minimum absolute atomic E-state index is 0.0170. The van der Waals surface area contributed by atoms with Crippen LogP contribution in [0.15, 0.2) is 18.2 Å². The fourth-order valence-electron chi connectivity index (χ4n) is 2.09. The van der Waals surface area contributed by atoms with Crippen LogP contribution in [0.25, 0.3) is 10.2 Å². The summed E-state index contributed by atoms with van der Waals surface area (Å²) in [5.41, 5.74) is 7.56. The quantitative estimate of drug-likeness (QED) is 0.828. The van der Waals surface area contributed by atoms with Crippen LogP contribution >= 0.6 is 11.3 Å². The minimum atomic E-state index is -0.0170. The van der Waals surface area contributed by atoms with E-state index in [2.05, 4.69) is 16.8 Å². The maximum atomic E-state index is 5.77. The zero-order valence-corrected chi connectivity index (χ0v) is 10.8. The van der Waals surface area contributed by atoms with Crippen LogP contribution < -0.4 is 10.6 Å². The SMILES string of the molecule is COC1(C)CN(c2nc3ccc(N)cc3s2)C1. The van der Waals surface area contributed by atoms with Gasteiger partial charge in [0, 0.05) is 12.8 Å². The summed E-state index contributed by atoms with van der Waals surface area (Å²) in [6, 6.07) is 5.84. The molecule has 0 spiro atoms. The highest BCUT2D eigenvalue weighted by molar-refractivity contribution is 7.22. The number of nitrogen functional groups attached to an aromatic ring is 1. The summed E-state index contributed by atoms with van der Waals surface area (Å²) in [7, 11) is 1.76. The van der Waals surface area contributed by atoms with E-state index in [1.54, 1.807) is 18.4 Å². The lowest BCUT2D eigenvalue weighted by molar-refractivity contribution is -0.0167. The zero-order chi connectivity index (χ0) is 12.0. The first-order chi connectivity index (χ1) is 8.09. The number of methoxy groups -OCH3 is 1. The average Bonchev–Trinajstić information content (AvgIpc) is 2.67. The van der Waals surface area contributed by atoms with Gasteiger partial charge in [0.15, 0.2) is 5.13 Å². The number of hydrogen-bond acceptors (Lipinski definition) is 5. The van der Waals surface area contributed by atoms with Gasteiger partial charge in [-0.3, -0.25) is 0 Å². The molecule has 0 saturated carbocycles. The number of ether oxygens (including phenoxy) is 1. The maximum Gasteiger partial charge on any atom is 0.186 e. The van der Waals surface area contributed by atoms with Crippen molar-refractivity contribution in [2.75, 3.05) is 30.8 Å². The highest BCUT2D eigenvalue weighted by atomic mass is 32.1. The molecule has 17 heavy (non-hydrogen) atoms. The molecule has 0 amide bonds. The molecule has 1 aliphatic rings. The Kier molecular flexibility index (Phi) is 2.27. The van der Waals surface area contributed by atoms with Crippen molar-refractivity contribution in [2.45, 2.75) is 12.5 Å². The number of aromatic nitrogens is 1. The molecule has 1 saturated heterocycles. The smallest absolute Gasteiger partial charge is 0.186 e. The largest absolute Gasteiger partial charge is 0.399 e. The number of rotatable bonds is 2. The molecule has 0 bridgehead atoms. The van der Waals surface area contributed by atoms with Gasteiger partial charge in [0.1, 0.15) is 0 Å². The molecule has 2 N–H and O–H groups in total. The number of anilines is 2. The van der Waals surface area contributed by atoms with E-state index in [1.165, 1.54) is 0 Å². The Labute approximate surface area is 104 Å². The van der Waals surface area contributed by atoms with Crippen molar-refractivity contribution in [2.24, 2.45) is 0 Å². The summed E-state index contributed by atoms with van der Waals surface area (Å²) >= 11 is 1.69. The average molecular weight is 249 g/mol. The summed E-state index contributed by atoms with van der Waals surface area (Å²) in [5.74, 6) is 0. The number of benzene rings is 1. The van der Waals surface area contributed by atoms with E-state index in [1.807, 2.05) is 18.2 Å². The molecule has 1 fully saturated rings. The Bertz CT molecular complexity index is 560. The fourth-order valence-corrected chi connectivity index (χ4v) is 3.10. The third kappa shape index (κ3) is 1.75. The Balaban J connectivity index is 1.88. The van der Waals surface area contributed by atoms with Gasteiger partial charge < -0.3 is 15.4 Å². The Hall–Kier alpha value is -1.33. The van der Waals surface area contributed by atoms with Crippen molar-refractivity contribution in [1.29, 1.82) is 0 Å². The Morgan fingerprint density at radius 3 is 2.94 bits per heavy atom. The molecule has 0 radical (unpaired) electrons. The van der Waals surface area contributed by atoms with E-state index >= 15 is 0 Å². The normalized spacial score (nSPS) is 18.4. The molecule has 5 heteroatoms. The number of thiazole rings is 1. The van der Waals surface area contributed by atoms with Gasteiger partial charge in [-0.1, -0.05) is 11.3 Å². The standard InChI is InChI=1S/C12H15N3OS/c1-12(16-2)6-15(7-12)11-14-9-4-3-8(13)5-10(9)17-11/h3-5H,6-7,13H2,1-2H3. The van der Waals surface area contributed by atoms with Gasteiger partial charge in [-0.25, -0.2) is 4.98 Å². The maximum absolute atomic E-state index is 5.77. The molecule has 2 heterocycles. The van der Waals surface area contributed by atoms with Crippen LogP contribution in [0.4, 0.5) is 10.8 Å². The van der Waals surface area contributed by atoms with Crippen LogP contribution in [0.1, 0.15) is 6.92 Å². The van der Waals surface area contributed by atoms with Crippen LogP contribution in [0.2, 0.25) is 0 Å². The molecule has 3 rings (SSSR count). The number of fused-ring (bicyclic) bond motifs is 1. The molecule has 4 nitrogen and oxygen atoms in total. The Morgan fingerprint density at radius 2 is 2.24 bits per heavy atom. The predicted octanol–water partition coefficient (Wildman–Crippen LogP) is 2.10. The van der Waals surface area contributed by atoms with Crippen molar-refractivity contribution in [3.8, 4) is 0 Å². The molecule has 1 aromatic carbocycles. The number of hydrogen-bond donors (Lipinski definition) is 1. The lowest BCUT2D eigenvalue weighted by Crippen LogP contribution is -2.61. The van der Waals surface area contributed by atoms with E-state index in [0.29, 0.717) is 0 Å². The second-order valence-electron chi connectivity index (χ2n) is 4.73. The third-order valence-electron chi connectivity index (χ3n) is 3.22. The summed E-state index contributed by atoms with van der Waals surface area (Å²) in [6.45, 7) is 3.92. The summed E-state index contributed by atoms with van der Waals surface area (Å²) in [4.78, 5) is 6.85. The highest BCUT2D eigenvalue weighted by Crippen LogP contribution is 2.35. The molecule has 0 atom stereocenters. The van der Waals surface area contributed by atoms with E-state index < -0.39 is 0 Å². The molecule has 0 aliphatic carbocycles. The van der Waals surface area contributed by atoms with Crippen LogP contribution in [-0.2, 0) is 4.74 Å². The van der Waals surface area contributed by atoms with Crippen molar-refractivity contribution >= 4 is 32.4 Å². The van der Waals surface area contributed by atoms with Crippen LogP contribution in [0.3, 0.4) is 0 Å². The van der Waals surface area contributed by atoms with Crippen LogP contribution in [0, 0.1) is 0 Å². The van der Waals surface area contributed by atoms with Gasteiger partial charge in [-0.05, 0) is 25.1 Å². The van der Waals surface area contributed by atoms with E-state index in [4.69, 9.17) is 10.5 Å². The molecule has 1 aliphatic heterocycles. The van der Waals surface area contributed by atoms with Gasteiger partial charge in [-0.2, -0.15) is 0 Å². The first kappa shape index (κ1) is 10.8.